The Labute approximate surface area is 260 Å². The van der Waals surface area contributed by atoms with Crippen molar-refractivity contribution >= 4 is 33.6 Å². The van der Waals surface area contributed by atoms with Crippen LogP contribution in [0, 0.1) is 12.8 Å². The summed E-state index contributed by atoms with van der Waals surface area (Å²) in [6.45, 7) is 9.35. The zero-order valence-corrected chi connectivity index (χ0v) is 26.6. The van der Waals surface area contributed by atoms with Crippen molar-refractivity contribution in [2.24, 2.45) is 5.92 Å². The van der Waals surface area contributed by atoms with Gasteiger partial charge in [0.15, 0.2) is 0 Å². The summed E-state index contributed by atoms with van der Waals surface area (Å²) in [6.07, 6.45) is 4.14. The lowest BCUT2D eigenvalue weighted by molar-refractivity contribution is 0.262. The van der Waals surface area contributed by atoms with E-state index in [1.807, 2.05) is 91.9 Å². The number of nitrogens with one attached hydrogen (secondary N) is 2. The molecule has 8 nitrogen and oxygen atoms in total. The van der Waals surface area contributed by atoms with Crippen LogP contribution in [-0.4, -0.2) is 41.6 Å². The van der Waals surface area contributed by atoms with Gasteiger partial charge in [-0.3, -0.25) is 5.32 Å². The van der Waals surface area contributed by atoms with Crippen molar-refractivity contribution in [1.82, 2.24) is 14.1 Å². The fourth-order valence-corrected chi connectivity index (χ4v) is 6.46. The van der Waals surface area contributed by atoms with E-state index in [-0.39, 0.29) is 11.4 Å². The Hall–Kier alpha value is -4.21. The normalized spacial score (nSPS) is 15.0. The molecule has 1 fully saturated rings. The highest BCUT2D eigenvalue weighted by atomic mass is 32.2. The Bertz CT molecular complexity index is 1700. The van der Waals surface area contributed by atoms with Crippen molar-refractivity contribution in [3.8, 4) is 5.69 Å². The van der Waals surface area contributed by atoms with Gasteiger partial charge in [-0.15, -0.1) is 0 Å². The van der Waals surface area contributed by atoms with Gasteiger partial charge in [0.2, 0.25) is 10.0 Å². The van der Waals surface area contributed by atoms with Gasteiger partial charge in [0.1, 0.15) is 5.82 Å². The third kappa shape index (κ3) is 8.03. The molecular formula is C35H41N5O3S. The average molecular weight is 612 g/mol. The van der Waals surface area contributed by atoms with Crippen LogP contribution in [0.3, 0.4) is 0 Å². The van der Waals surface area contributed by atoms with Gasteiger partial charge < -0.3 is 5.32 Å². The van der Waals surface area contributed by atoms with Crippen molar-refractivity contribution in [1.29, 1.82) is 0 Å². The first-order valence-electron chi connectivity index (χ1n) is 15.0. The molecule has 0 aliphatic carbocycles. The largest absolute Gasteiger partial charge is 0.324 e. The lowest BCUT2D eigenvalue weighted by atomic mass is 9.91. The molecule has 2 amide bonds. The molecule has 230 valence electrons. The lowest BCUT2D eigenvalue weighted by Gasteiger charge is -2.30. The number of hydrogen-bond donors (Lipinski definition) is 2. The Morgan fingerprint density at radius 3 is 2.23 bits per heavy atom. The molecule has 1 saturated heterocycles. The quantitative estimate of drug-likeness (QED) is 0.217. The molecule has 44 heavy (non-hydrogen) atoms. The molecule has 0 atom stereocenters. The summed E-state index contributed by atoms with van der Waals surface area (Å²) in [5, 5.41) is 12.0. The first kappa shape index (κ1) is 31.2. The number of carbonyl (C=O) groups excluding carboxylic acids is 1. The monoisotopic (exact) mass is 611 g/mol. The van der Waals surface area contributed by atoms with Crippen LogP contribution in [0.4, 0.5) is 16.3 Å². The molecular weight excluding hydrogens is 570 g/mol. The van der Waals surface area contributed by atoms with E-state index in [1.165, 1.54) is 5.41 Å². The van der Waals surface area contributed by atoms with Gasteiger partial charge in [-0.1, -0.05) is 80.9 Å². The summed E-state index contributed by atoms with van der Waals surface area (Å²) in [7, 11) is -3.44. The maximum Gasteiger partial charge on any atom is 0.324 e. The van der Waals surface area contributed by atoms with Gasteiger partial charge in [0.05, 0.1) is 11.4 Å². The minimum atomic E-state index is -3.44. The van der Waals surface area contributed by atoms with E-state index in [2.05, 4.69) is 31.4 Å². The molecule has 0 radical (unpaired) electrons. The minimum Gasteiger partial charge on any atom is -0.308 e. The van der Waals surface area contributed by atoms with Crippen molar-refractivity contribution in [3.05, 3.63) is 113 Å². The molecule has 5 rings (SSSR count). The summed E-state index contributed by atoms with van der Waals surface area (Å²) in [5.74, 6) is 0.998. The Morgan fingerprint density at radius 1 is 0.932 bits per heavy atom. The number of benzene rings is 3. The maximum absolute atomic E-state index is 13.0. The van der Waals surface area contributed by atoms with Gasteiger partial charge in [-0.25, -0.2) is 17.9 Å². The second-order valence-corrected chi connectivity index (χ2v) is 14.3. The number of aryl methyl sites for hydroxylation is 1. The van der Waals surface area contributed by atoms with Gasteiger partial charge in [0.25, 0.3) is 0 Å². The van der Waals surface area contributed by atoms with E-state index in [0.29, 0.717) is 30.5 Å². The average Bonchev–Trinajstić information content (AvgIpc) is 3.43. The fraction of sp³-hybridized carbons (Fsp3) is 0.314. The van der Waals surface area contributed by atoms with Crippen LogP contribution in [-0.2, 0) is 21.9 Å². The van der Waals surface area contributed by atoms with Crippen molar-refractivity contribution in [2.75, 3.05) is 23.7 Å². The highest BCUT2D eigenvalue weighted by Gasteiger charge is 2.26. The third-order valence-electron chi connectivity index (χ3n) is 7.90. The van der Waals surface area contributed by atoms with Crippen molar-refractivity contribution < 1.29 is 13.2 Å². The summed E-state index contributed by atoms with van der Waals surface area (Å²) in [6, 6.07) is 26.9. The molecule has 1 aliphatic rings. The molecule has 2 heterocycles. The first-order valence-corrected chi connectivity index (χ1v) is 16.5. The fourth-order valence-electron chi connectivity index (χ4n) is 5.24. The molecule has 0 saturated carbocycles. The predicted octanol–water partition coefficient (Wildman–Crippen LogP) is 7.38. The van der Waals surface area contributed by atoms with Crippen LogP contribution in [0.5, 0.6) is 0 Å². The van der Waals surface area contributed by atoms with Crippen LogP contribution >= 0.6 is 0 Å². The van der Waals surface area contributed by atoms with Gasteiger partial charge in [-0.2, -0.15) is 9.40 Å². The summed E-state index contributed by atoms with van der Waals surface area (Å²) >= 11 is 0. The van der Waals surface area contributed by atoms with Gasteiger partial charge in [0, 0.05) is 35.7 Å². The molecule has 0 spiro atoms. The molecule has 1 aliphatic heterocycles. The number of amides is 2. The first-order chi connectivity index (χ1) is 21.0. The number of nitrogens with zero attached hydrogens (tertiary/aromatic N) is 3. The third-order valence-corrected chi connectivity index (χ3v) is 9.46. The van der Waals surface area contributed by atoms with Crippen LogP contribution in [0.25, 0.3) is 11.8 Å². The summed E-state index contributed by atoms with van der Waals surface area (Å²) < 4.78 is 29.0. The summed E-state index contributed by atoms with van der Waals surface area (Å²) in [4.78, 5) is 13.0. The lowest BCUT2D eigenvalue weighted by Crippen LogP contribution is -2.37. The Morgan fingerprint density at radius 2 is 1.59 bits per heavy atom. The standard InChI is InChI=1S/C35H41N5O3S/c1-26-10-16-31(17-11-26)40-33(25-32(38-40)35(2,3)4)37-34(41)36-30-14-12-28(13-15-30)24-29-18-21-39(22-19-29)44(42,43)23-20-27-8-6-5-7-9-27/h5-17,20,23,25,29H,18-19,21-22,24H2,1-4H3,(H2,36,37,41)/b23-20+. The number of urea groups is 1. The number of carbonyl (C=O) groups is 1. The molecule has 0 unspecified atom stereocenters. The zero-order chi connectivity index (χ0) is 31.3. The number of aromatic nitrogens is 2. The van der Waals surface area contributed by atoms with Crippen molar-refractivity contribution in [3.63, 3.8) is 0 Å². The van der Waals surface area contributed by atoms with Crippen LogP contribution in [0.2, 0.25) is 0 Å². The highest BCUT2D eigenvalue weighted by Crippen LogP contribution is 2.27. The van der Waals surface area contributed by atoms with Gasteiger partial charge in [-0.05, 0) is 73.6 Å². The van der Waals surface area contributed by atoms with E-state index >= 15 is 0 Å². The van der Waals surface area contributed by atoms with Crippen molar-refractivity contribution in [2.45, 2.75) is 52.4 Å². The predicted molar refractivity (Wildman–Crippen MR) is 178 cm³/mol. The number of rotatable bonds is 8. The van der Waals surface area contributed by atoms with E-state index < -0.39 is 10.0 Å². The van der Waals surface area contributed by atoms with E-state index in [4.69, 9.17) is 5.10 Å². The maximum atomic E-state index is 13.0. The SMILES string of the molecule is Cc1ccc(-n2nc(C(C)(C)C)cc2NC(=O)Nc2ccc(CC3CCN(S(=O)(=O)/C=C/c4ccccc4)CC3)cc2)cc1. The second kappa shape index (κ2) is 13.2. The van der Waals surface area contributed by atoms with Crippen LogP contribution in [0.1, 0.15) is 56.0 Å². The Balaban J connectivity index is 1.15. The van der Waals surface area contributed by atoms with E-state index in [9.17, 15) is 13.2 Å². The van der Waals surface area contributed by atoms with E-state index in [0.717, 1.165) is 47.3 Å². The molecule has 2 N–H and O–H groups in total. The van der Waals surface area contributed by atoms with Gasteiger partial charge >= 0.3 is 6.03 Å². The second-order valence-electron chi connectivity index (χ2n) is 12.5. The molecule has 0 bridgehead atoms. The number of sulfonamides is 1. The smallest absolute Gasteiger partial charge is 0.308 e. The van der Waals surface area contributed by atoms with Crippen LogP contribution in [0.15, 0.2) is 90.3 Å². The highest BCUT2D eigenvalue weighted by molar-refractivity contribution is 7.92. The topological polar surface area (TPSA) is 96.3 Å². The zero-order valence-electron chi connectivity index (χ0n) is 25.8. The minimum absolute atomic E-state index is 0.178. The Kier molecular flexibility index (Phi) is 9.36. The molecule has 9 heteroatoms. The van der Waals surface area contributed by atoms with E-state index in [1.54, 1.807) is 15.1 Å². The number of piperidine rings is 1. The molecule has 1 aromatic heterocycles. The number of anilines is 2. The van der Waals surface area contributed by atoms with Crippen LogP contribution < -0.4 is 10.6 Å². The number of hydrogen-bond acceptors (Lipinski definition) is 4. The molecule has 3 aromatic carbocycles. The summed E-state index contributed by atoms with van der Waals surface area (Å²) in [5.41, 5.74) is 5.44. The molecule has 4 aromatic rings.